The zero-order valence-electron chi connectivity index (χ0n) is 18.2. The van der Waals surface area contributed by atoms with Crippen LogP contribution in [-0.2, 0) is 12.7 Å². The second-order valence-corrected chi connectivity index (χ2v) is 8.79. The molecule has 0 bridgehead atoms. The molecule has 0 spiro atoms. The first-order chi connectivity index (χ1) is 15.7. The summed E-state index contributed by atoms with van der Waals surface area (Å²) in [7, 11) is 0. The lowest BCUT2D eigenvalue weighted by atomic mass is 10.1. The maximum Gasteiger partial charge on any atom is 0.418 e. The van der Waals surface area contributed by atoms with Crippen LogP contribution in [0.4, 0.5) is 33.9 Å². The zero-order valence-corrected chi connectivity index (χ0v) is 19.0. The van der Waals surface area contributed by atoms with Crippen molar-refractivity contribution in [1.29, 1.82) is 0 Å². The Balaban J connectivity index is 1.39. The molecule has 2 fully saturated rings. The van der Waals surface area contributed by atoms with Crippen LogP contribution in [0.2, 0.25) is 0 Å². The minimum absolute atomic E-state index is 0.0189. The van der Waals surface area contributed by atoms with E-state index in [4.69, 9.17) is 0 Å². The number of hydrogen-bond donors (Lipinski definition) is 1. The molecule has 7 nitrogen and oxygen atoms in total. The second kappa shape index (κ2) is 9.80. The molecule has 2 saturated heterocycles. The molecule has 0 aliphatic carbocycles. The van der Waals surface area contributed by atoms with E-state index in [2.05, 4.69) is 14.7 Å². The highest BCUT2D eigenvalue weighted by Crippen LogP contribution is 2.38. The summed E-state index contributed by atoms with van der Waals surface area (Å²) in [5.41, 5.74) is 0.0487. The molecule has 3 heterocycles. The summed E-state index contributed by atoms with van der Waals surface area (Å²) in [5.74, 6) is 0.602. The molecule has 1 aromatic carbocycles. The zero-order chi connectivity index (χ0) is 23.6. The number of hydrogen-bond acceptors (Lipinski definition) is 6. The van der Waals surface area contributed by atoms with Crippen LogP contribution in [-0.4, -0.2) is 77.3 Å². The summed E-state index contributed by atoms with van der Waals surface area (Å²) < 4.78 is 58.5. The van der Waals surface area contributed by atoms with E-state index in [1.54, 1.807) is 17.2 Å². The number of anilines is 2. The van der Waals surface area contributed by atoms with E-state index in [9.17, 15) is 22.4 Å². The van der Waals surface area contributed by atoms with Gasteiger partial charge in [0.2, 0.25) is 0 Å². The number of carbonyl (C=O) groups excluding carboxylic acids is 1. The summed E-state index contributed by atoms with van der Waals surface area (Å²) >= 11 is 1.39. The summed E-state index contributed by atoms with van der Waals surface area (Å²) in [5, 5.41) is 4.20. The second-order valence-electron chi connectivity index (χ2n) is 8.18. The largest absolute Gasteiger partial charge is 0.418 e. The molecule has 2 aliphatic heterocycles. The van der Waals surface area contributed by atoms with Crippen molar-refractivity contribution in [3.05, 3.63) is 41.6 Å². The molecular weight excluding hydrogens is 460 g/mol. The van der Waals surface area contributed by atoms with Crippen molar-refractivity contribution in [2.45, 2.75) is 25.3 Å². The monoisotopic (exact) mass is 486 g/mol. The Kier molecular flexibility index (Phi) is 7.03. The highest BCUT2D eigenvalue weighted by Gasteiger charge is 2.36. The Labute approximate surface area is 193 Å². The SMILES string of the molecule is CSNc1ccn(C(=O)N2CCN(Cc3ccc(C(F)(F)F)c(N4CCC(F)C4)c3)CC2)n1. The third kappa shape index (κ3) is 5.55. The van der Waals surface area contributed by atoms with Gasteiger partial charge >= 0.3 is 12.2 Å². The molecule has 4 rings (SSSR count). The van der Waals surface area contributed by atoms with Crippen LogP contribution in [0.15, 0.2) is 30.5 Å². The van der Waals surface area contributed by atoms with E-state index >= 15 is 0 Å². The van der Waals surface area contributed by atoms with Crippen LogP contribution in [0.25, 0.3) is 0 Å². The van der Waals surface area contributed by atoms with Gasteiger partial charge in [0.1, 0.15) is 6.17 Å². The van der Waals surface area contributed by atoms with Gasteiger partial charge in [0.15, 0.2) is 5.82 Å². The Morgan fingerprint density at radius 3 is 2.58 bits per heavy atom. The van der Waals surface area contributed by atoms with Gasteiger partial charge in [-0.1, -0.05) is 18.0 Å². The van der Waals surface area contributed by atoms with Gasteiger partial charge in [0.05, 0.1) is 5.56 Å². The maximum absolute atomic E-state index is 13.7. The van der Waals surface area contributed by atoms with Crippen LogP contribution in [0.3, 0.4) is 0 Å². The molecule has 1 atom stereocenters. The lowest BCUT2D eigenvalue weighted by Gasteiger charge is -2.34. The number of nitrogens with zero attached hydrogens (tertiary/aromatic N) is 5. The van der Waals surface area contributed by atoms with Gasteiger partial charge in [-0.2, -0.15) is 17.9 Å². The van der Waals surface area contributed by atoms with Crippen LogP contribution in [0, 0.1) is 0 Å². The maximum atomic E-state index is 13.7. The van der Waals surface area contributed by atoms with Crippen LogP contribution in [0.5, 0.6) is 0 Å². The number of halogens is 4. The molecule has 2 aliphatic rings. The first kappa shape index (κ1) is 23.7. The fraction of sp³-hybridized carbons (Fsp3) is 0.524. The van der Waals surface area contributed by atoms with E-state index in [0.717, 1.165) is 11.6 Å². The number of amides is 1. The predicted molar refractivity (Wildman–Crippen MR) is 120 cm³/mol. The van der Waals surface area contributed by atoms with E-state index in [0.29, 0.717) is 38.5 Å². The van der Waals surface area contributed by atoms with Gasteiger partial charge in [0.25, 0.3) is 0 Å². The standard InChI is InChI=1S/C21H26F4N6OS/c1-33-27-19-5-7-31(26-19)20(32)29-10-8-28(9-11-29)13-15-2-3-17(21(23,24)25)18(12-15)30-6-4-16(22)14-30/h2-3,5,7,12,16H,4,6,8-11,13-14H2,1H3,(H,26,27). The van der Waals surface area contributed by atoms with Gasteiger partial charge in [-0.3, -0.25) is 4.90 Å². The number of nitrogens with one attached hydrogen (secondary N) is 1. The topological polar surface area (TPSA) is 56.6 Å². The summed E-state index contributed by atoms with van der Waals surface area (Å²) in [4.78, 5) is 18.0. The molecule has 0 radical (unpaired) electrons. The average Bonchev–Trinajstić information content (AvgIpc) is 3.42. The lowest BCUT2D eigenvalue weighted by molar-refractivity contribution is -0.137. The lowest BCUT2D eigenvalue weighted by Crippen LogP contribution is -2.49. The van der Waals surface area contributed by atoms with Crippen LogP contribution in [0.1, 0.15) is 17.5 Å². The van der Waals surface area contributed by atoms with Crippen LogP contribution < -0.4 is 9.62 Å². The van der Waals surface area contributed by atoms with Gasteiger partial charge in [-0.25, -0.2) is 9.18 Å². The van der Waals surface area contributed by atoms with Crippen molar-refractivity contribution in [3.8, 4) is 0 Å². The molecule has 1 amide bonds. The van der Waals surface area contributed by atoms with Crippen molar-refractivity contribution in [3.63, 3.8) is 0 Å². The average molecular weight is 487 g/mol. The van der Waals surface area contributed by atoms with Gasteiger partial charge in [-0.15, -0.1) is 5.10 Å². The smallest absolute Gasteiger partial charge is 0.368 e. The first-order valence-electron chi connectivity index (χ1n) is 10.7. The Morgan fingerprint density at radius 2 is 1.94 bits per heavy atom. The van der Waals surface area contributed by atoms with Gasteiger partial charge < -0.3 is 14.5 Å². The van der Waals surface area contributed by atoms with Crippen LogP contribution >= 0.6 is 11.9 Å². The van der Waals surface area contributed by atoms with Gasteiger partial charge in [0, 0.05) is 70.0 Å². The fourth-order valence-electron chi connectivity index (χ4n) is 4.20. The van der Waals surface area contributed by atoms with Crippen molar-refractivity contribution >= 4 is 29.5 Å². The molecule has 33 heavy (non-hydrogen) atoms. The molecule has 12 heteroatoms. The molecule has 1 aromatic heterocycles. The predicted octanol–water partition coefficient (Wildman–Crippen LogP) is 3.93. The van der Waals surface area contributed by atoms with E-state index in [1.807, 2.05) is 6.26 Å². The number of alkyl halides is 4. The van der Waals surface area contributed by atoms with Crippen molar-refractivity contribution in [2.75, 3.05) is 55.1 Å². The number of aromatic nitrogens is 2. The summed E-state index contributed by atoms with van der Waals surface area (Å²) in [6, 6.07) is 5.61. The van der Waals surface area contributed by atoms with E-state index in [1.165, 1.54) is 33.7 Å². The van der Waals surface area contributed by atoms with Crippen molar-refractivity contribution < 1.29 is 22.4 Å². The molecule has 0 saturated carbocycles. The third-order valence-corrected chi connectivity index (χ3v) is 6.29. The number of piperazine rings is 1. The highest BCUT2D eigenvalue weighted by atomic mass is 32.2. The molecule has 2 aromatic rings. The Hall–Kier alpha value is -2.47. The first-order valence-corrected chi connectivity index (χ1v) is 11.9. The fourth-order valence-corrected chi connectivity index (χ4v) is 4.52. The minimum Gasteiger partial charge on any atom is -0.368 e. The molecule has 1 unspecified atom stereocenters. The number of carbonyl (C=O) groups is 1. The molecule has 1 N–H and O–H groups in total. The summed E-state index contributed by atoms with van der Waals surface area (Å²) in [6.07, 6.45) is -1.89. The van der Waals surface area contributed by atoms with E-state index < -0.39 is 17.9 Å². The number of rotatable bonds is 5. The van der Waals surface area contributed by atoms with Crippen molar-refractivity contribution in [2.24, 2.45) is 0 Å². The quantitative estimate of drug-likeness (QED) is 0.511. The minimum atomic E-state index is -4.49. The highest BCUT2D eigenvalue weighted by molar-refractivity contribution is 7.99. The van der Waals surface area contributed by atoms with Crippen molar-refractivity contribution in [1.82, 2.24) is 19.6 Å². The Bertz CT molecular complexity index is 976. The third-order valence-electron chi connectivity index (χ3n) is 5.88. The molecule has 180 valence electrons. The summed E-state index contributed by atoms with van der Waals surface area (Å²) in [6.45, 7) is 2.89. The van der Waals surface area contributed by atoms with Gasteiger partial charge in [-0.05, 0) is 24.1 Å². The number of benzene rings is 1. The normalized spacial score (nSPS) is 19.8. The Morgan fingerprint density at radius 1 is 1.18 bits per heavy atom. The van der Waals surface area contributed by atoms with E-state index in [-0.39, 0.29) is 31.2 Å². The molecular formula is C21H26F4N6OS.